The summed E-state index contributed by atoms with van der Waals surface area (Å²) in [5, 5.41) is 13.0. The van der Waals surface area contributed by atoms with Gasteiger partial charge in [-0.3, -0.25) is 4.79 Å². The molecule has 2 aliphatic heterocycles. The van der Waals surface area contributed by atoms with Crippen LogP contribution in [0.25, 0.3) is 0 Å². The molecule has 2 atom stereocenters. The maximum absolute atomic E-state index is 11.8. The highest BCUT2D eigenvalue weighted by atomic mass is 32.2. The Balaban J connectivity index is 1.52. The van der Waals surface area contributed by atoms with E-state index >= 15 is 0 Å². The molecule has 2 aliphatic rings. The Morgan fingerprint density at radius 1 is 1.40 bits per heavy atom. The van der Waals surface area contributed by atoms with Crippen LogP contribution in [0.3, 0.4) is 0 Å². The predicted octanol–water partition coefficient (Wildman–Crippen LogP) is 3.32. The summed E-state index contributed by atoms with van der Waals surface area (Å²) in [5.41, 5.74) is 2.37. The first-order valence-corrected chi connectivity index (χ1v) is 10.2. The van der Waals surface area contributed by atoms with Crippen molar-refractivity contribution in [2.24, 2.45) is 0 Å². The number of thiophene rings is 1. The molecule has 2 aromatic rings. The zero-order valence-corrected chi connectivity index (χ0v) is 16.0. The fourth-order valence-electron chi connectivity index (χ4n) is 3.63. The zero-order valence-electron chi connectivity index (χ0n) is 14.4. The first kappa shape index (κ1) is 17.1. The molecule has 4 rings (SSSR count). The number of amides is 1. The summed E-state index contributed by atoms with van der Waals surface area (Å²) in [6, 6.07) is 8.30. The summed E-state index contributed by atoms with van der Waals surface area (Å²) in [6.07, 6.45) is 2.09. The van der Waals surface area contributed by atoms with Crippen LogP contribution in [0.2, 0.25) is 0 Å². The number of likely N-dealkylation sites (N-methyl/N-ethyl adjacent to an activating group) is 1. The maximum Gasteiger partial charge on any atom is 0.231 e. The predicted molar refractivity (Wildman–Crippen MR) is 102 cm³/mol. The molecule has 1 saturated heterocycles. The van der Waals surface area contributed by atoms with Gasteiger partial charge in [0.15, 0.2) is 6.10 Å². The summed E-state index contributed by atoms with van der Waals surface area (Å²) < 4.78 is 5.64. The van der Waals surface area contributed by atoms with Crippen LogP contribution in [-0.4, -0.2) is 35.5 Å². The lowest BCUT2D eigenvalue weighted by atomic mass is 9.86. The monoisotopic (exact) mass is 376 g/mol. The van der Waals surface area contributed by atoms with Gasteiger partial charge in [-0.15, -0.1) is 11.3 Å². The number of aliphatic hydroxyl groups is 3. The molecule has 0 radical (unpaired) electrons. The Labute approximate surface area is 155 Å². The topological polar surface area (TPSA) is 53.3 Å². The fraction of sp³-hybridized carbons (Fsp3) is 0.421. The second-order valence-corrected chi connectivity index (χ2v) is 9.20. The van der Waals surface area contributed by atoms with E-state index < -0.39 is 5.60 Å². The molecule has 2 N–H and O–H groups in total. The molecule has 4 nitrogen and oxygen atoms in total. The quantitative estimate of drug-likeness (QED) is 0.836. The third-order valence-electron chi connectivity index (χ3n) is 5.06. The van der Waals surface area contributed by atoms with Crippen molar-refractivity contribution in [3.8, 4) is 0 Å². The molecule has 1 aromatic carbocycles. The molecule has 1 aromatic heterocycles. The molecule has 1 fully saturated rings. The van der Waals surface area contributed by atoms with E-state index in [4.69, 9.17) is 0 Å². The van der Waals surface area contributed by atoms with Crippen LogP contribution in [0.1, 0.15) is 30.9 Å². The van der Waals surface area contributed by atoms with E-state index in [2.05, 4.69) is 35.2 Å². The lowest BCUT2D eigenvalue weighted by molar-refractivity contribution is -0.186. The molecule has 0 unspecified atom stereocenters. The van der Waals surface area contributed by atoms with E-state index in [1.165, 1.54) is 0 Å². The second kappa shape index (κ2) is 6.43. The number of ether oxygens (including phenoxy) is 1. The van der Waals surface area contributed by atoms with E-state index in [0.29, 0.717) is 19.3 Å². The lowest BCUT2D eigenvalue weighted by Gasteiger charge is -2.32. The Morgan fingerprint density at radius 3 is 3.04 bits per heavy atom. The lowest BCUT2D eigenvalue weighted by Crippen LogP contribution is -2.39. The maximum atomic E-state index is 11.8. The summed E-state index contributed by atoms with van der Waals surface area (Å²) in [6.45, 7) is 2.79. The summed E-state index contributed by atoms with van der Waals surface area (Å²) in [5.74, 6) is 0.148. The average Bonchev–Trinajstić information content (AvgIpc) is 3.13. The number of fused-ring (bicyclic) bond motifs is 1. The fourth-order valence-corrected chi connectivity index (χ4v) is 5.73. The van der Waals surface area contributed by atoms with Gasteiger partial charge in [0.2, 0.25) is 5.91 Å². The Kier molecular flexibility index (Phi) is 4.40. The third-order valence-corrected chi connectivity index (χ3v) is 7.13. The van der Waals surface area contributed by atoms with Gasteiger partial charge in [0, 0.05) is 31.0 Å². The van der Waals surface area contributed by atoms with E-state index in [1.807, 2.05) is 13.1 Å². The highest BCUT2D eigenvalue weighted by Crippen LogP contribution is 2.41. The third kappa shape index (κ3) is 3.24. The van der Waals surface area contributed by atoms with Gasteiger partial charge in [-0.1, -0.05) is 11.8 Å². The van der Waals surface area contributed by atoms with Gasteiger partial charge in [0.1, 0.15) is 12.2 Å². The first-order valence-electron chi connectivity index (χ1n) is 8.50. The van der Waals surface area contributed by atoms with Gasteiger partial charge in [-0.25, -0.2) is 0 Å². The molecule has 3 heterocycles. The SMILES string of the molecule is C[C@H]1C[C@@](O)(c2csc(Sc3ccc4c(c3)CC(=O)N4C)c2)CC[OH+]1. The number of hydrogen-bond acceptors (Lipinski definition) is 4. The molecule has 1 amide bonds. The number of carbonyl (C=O) groups excluding carboxylic acids is 1. The van der Waals surface area contributed by atoms with E-state index in [-0.39, 0.29) is 12.0 Å². The molecule has 132 valence electrons. The minimum atomic E-state index is -0.746. The number of nitrogens with zero attached hydrogens (tertiary/aromatic N) is 1. The van der Waals surface area contributed by atoms with Gasteiger partial charge < -0.3 is 14.7 Å². The van der Waals surface area contributed by atoms with Crippen LogP contribution in [0.15, 0.2) is 38.8 Å². The van der Waals surface area contributed by atoms with Gasteiger partial charge in [0.05, 0.1) is 17.1 Å². The van der Waals surface area contributed by atoms with E-state index in [9.17, 15) is 9.90 Å². The smallest absolute Gasteiger partial charge is 0.231 e. The Bertz CT molecular complexity index is 819. The standard InChI is InChI=1S/C19H21NO3S2/c1-12-10-19(22,5-6-23-12)14-9-18(24-11-14)25-15-3-4-16-13(7-15)8-17(21)20(16)2/h3-4,7,9,11-12,22H,5-6,8,10H2,1-2H3/p+1/t12-,19+/m0/s1. The van der Waals surface area contributed by atoms with Crippen LogP contribution in [0.5, 0.6) is 0 Å². The van der Waals surface area contributed by atoms with Gasteiger partial charge in [-0.2, -0.15) is 0 Å². The van der Waals surface area contributed by atoms with E-state index in [0.717, 1.165) is 32.5 Å². The van der Waals surface area contributed by atoms with Crippen molar-refractivity contribution in [1.29, 1.82) is 0 Å². The van der Waals surface area contributed by atoms with Gasteiger partial charge >= 0.3 is 0 Å². The van der Waals surface area contributed by atoms with Crippen molar-refractivity contribution >= 4 is 34.7 Å². The molecule has 0 aliphatic carbocycles. The number of hydrogen-bond donors (Lipinski definition) is 1. The minimum absolute atomic E-state index is 0.148. The summed E-state index contributed by atoms with van der Waals surface area (Å²) >= 11 is 3.36. The van der Waals surface area contributed by atoms with Crippen molar-refractivity contribution in [1.82, 2.24) is 0 Å². The van der Waals surface area contributed by atoms with Crippen molar-refractivity contribution < 1.29 is 14.6 Å². The summed E-state index contributed by atoms with van der Waals surface area (Å²) in [7, 11) is 1.82. The molecule has 25 heavy (non-hydrogen) atoms. The van der Waals surface area contributed by atoms with Crippen LogP contribution in [-0.2, 0) is 16.8 Å². The van der Waals surface area contributed by atoms with Crippen molar-refractivity contribution in [3.05, 3.63) is 40.8 Å². The van der Waals surface area contributed by atoms with Gasteiger partial charge in [-0.05, 0) is 40.8 Å². The van der Waals surface area contributed by atoms with Crippen molar-refractivity contribution in [2.75, 3.05) is 18.6 Å². The van der Waals surface area contributed by atoms with Crippen LogP contribution >= 0.6 is 23.1 Å². The van der Waals surface area contributed by atoms with Gasteiger partial charge in [0.25, 0.3) is 0 Å². The molecule has 0 saturated carbocycles. The largest absolute Gasteiger partial charge is 0.431 e. The average molecular weight is 377 g/mol. The van der Waals surface area contributed by atoms with Crippen LogP contribution < -0.4 is 4.90 Å². The van der Waals surface area contributed by atoms with Crippen molar-refractivity contribution in [2.45, 2.75) is 47.0 Å². The molecular weight excluding hydrogens is 354 g/mol. The number of carbonyl (C=O) groups is 1. The highest BCUT2D eigenvalue weighted by molar-refractivity contribution is 8.01. The summed E-state index contributed by atoms with van der Waals surface area (Å²) in [4.78, 5) is 14.7. The zero-order chi connectivity index (χ0) is 17.6. The Morgan fingerprint density at radius 2 is 2.24 bits per heavy atom. The molecular formula is C19H22NO3S2+. The number of anilines is 1. The second-order valence-electron chi connectivity index (χ2n) is 6.92. The first-order chi connectivity index (χ1) is 11.9. The Hall–Kier alpha value is -1.34. The number of rotatable bonds is 3. The van der Waals surface area contributed by atoms with Crippen LogP contribution in [0.4, 0.5) is 5.69 Å². The molecule has 0 bridgehead atoms. The minimum Gasteiger partial charge on any atom is -0.431 e. The van der Waals surface area contributed by atoms with E-state index in [1.54, 1.807) is 28.0 Å². The van der Waals surface area contributed by atoms with Crippen LogP contribution in [0, 0.1) is 0 Å². The molecule has 6 heteroatoms. The number of benzene rings is 1. The normalized spacial score (nSPS) is 26.1. The molecule has 0 spiro atoms. The highest BCUT2D eigenvalue weighted by Gasteiger charge is 2.38. The van der Waals surface area contributed by atoms with Crippen molar-refractivity contribution in [3.63, 3.8) is 0 Å².